The normalized spacial score (nSPS) is 13.1. The molecule has 2 aromatic rings. The number of aryl methyl sites for hydroxylation is 1. The van der Waals surface area contributed by atoms with Crippen LogP contribution in [0.4, 0.5) is 5.69 Å². The highest BCUT2D eigenvalue weighted by molar-refractivity contribution is 9.10. The van der Waals surface area contributed by atoms with E-state index in [0.717, 1.165) is 24.1 Å². The molecule has 0 atom stereocenters. The number of amides is 1. The lowest BCUT2D eigenvalue weighted by Crippen LogP contribution is -2.38. The van der Waals surface area contributed by atoms with Crippen LogP contribution in [0.1, 0.15) is 22.3 Å². The number of halogens is 1. The Hall–Kier alpha value is -2.34. The van der Waals surface area contributed by atoms with Crippen molar-refractivity contribution in [2.24, 2.45) is 0 Å². The first-order valence-corrected chi connectivity index (χ1v) is 8.78. The Bertz CT molecular complexity index is 806. The molecule has 0 saturated heterocycles. The standard InChI is InChI=1S/C19H18BrNO4/c1-24-17-9-8-14(11-15(17)20)19(23)25-12-18(22)21-10-4-6-13-5-2-3-7-16(13)21/h2-3,5,7-9,11H,4,6,10,12H2,1H3. The molecular formula is C19H18BrNO4. The number of methoxy groups -OCH3 is 1. The third kappa shape index (κ3) is 3.85. The lowest BCUT2D eigenvalue weighted by molar-refractivity contribution is -0.121. The van der Waals surface area contributed by atoms with Crippen molar-refractivity contribution in [1.29, 1.82) is 0 Å². The van der Waals surface area contributed by atoms with Gasteiger partial charge in [0.1, 0.15) is 5.75 Å². The van der Waals surface area contributed by atoms with Gasteiger partial charge in [-0.3, -0.25) is 4.79 Å². The van der Waals surface area contributed by atoms with Gasteiger partial charge in [0, 0.05) is 12.2 Å². The summed E-state index contributed by atoms with van der Waals surface area (Å²) in [7, 11) is 1.55. The molecule has 3 rings (SSSR count). The summed E-state index contributed by atoms with van der Waals surface area (Å²) in [5.74, 6) is -0.132. The Balaban J connectivity index is 1.65. The van der Waals surface area contributed by atoms with Gasteiger partial charge in [0.15, 0.2) is 6.61 Å². The molecule has 1 aliphatic rings. The van der Waals surface area contributed by atoms with Crippen LogP contribution in [-0.2, 0) is 16.0 Å². The van der Waals surface area contributed by atoms with Gasteiger partial charge >= 0.3 is 5.97 Å². The number of carbonyl (C=O) groups excluding carboxylic acids is 2. The summed E-state index contributed by atoms with van der Waals surface area (Å²) in [6, 6.07) is 12.7. The first-order chi connectivity index (χ1) is 12.1. The van der Waals surface area contributed by atoms with Gasteiger partial charge in [-0.05, 0) is 58.6 Å². The summed E-state index contributed by atoms with van der Waals surface area (Å²) in [6.07, 6.45) is 1.86. The predicted octanol–water partition coefficient (Wildman–Crippen LogP) is 3.59. The molecule has 5 nitrogen and oxygen atoms in total. The molecule has 0 bridgehead atoms. The number of anilines is 1. The number of benzene rings is 2. The second-order valence-electron chi connectivity index (χ2n) is 5.70. The van der Waals surface area contributed by atoms with Crippen LogP contribution in [-0.4, -0.2) is 32.1 Å². The lowest BCUT2D eigenvalue weighted by atomic mass is 10.0. The maximum Gasteiger partial charge on any atom is 0.338 e. The van der Waals surface area contributed by atoms with Crippen molar-refractivity contribution < 1.29 is 19.1 Å². The Morgan fingerprint density at radius 2 is 2.00 bits per heavy atom. The van der Waals surface area contributed by atoms with Crippen molar-refractivity contribution in [2.75, 3.05) is 25.2 Å². The van der Waals surface area contributed by atoms with Crippen molar-refractivity contribution in [2.45, 2.75) is 12.8 Å². The van der Waals surface area contributed by atoms with Crippen LogP contribution in [0.5, 0.6) is 5.75 Å². The highest BCUT2D eigenvalue weighted by atomic mass is 79.9. The zero-order valence-electron chi connectivity index (χ0n) is 13.8. The van der Waals surface area contributed by atoms with E-state index >= 15 is 0 Å². The minimum atomic E-state index is -0.540. The fourth-order valence-corrected chi connectivity index (χ4v) is 3.42. The van der Waals surface area contributed by atoms with Crippen molar-refractivity contribution in [3.63, 3.8) is 0 Å². The van der Waals surface area contributed by atoms with Gasteiger partial charge in [0.25, 0.3) is 5.91 Å². The predicted molar refractivity (Wildman–Crippen MR) is 98.1 cm³/mol. The maximum absolute atomic E-state index is 12.5. The van der Waals surface area contributed by atoms with Gasteiger partial charge in [-0.25, -0.2) is 4.79 Å². The van der Waals surface area contributed by atoms with E-state index in [2.05, 4.69) is 15.9 Å². The molecule has 1 heterocycles. The molecule has 0 saturated carbocycles. The number of carbonyl (C=O) groups is 2. The summed E-state index contributed by atoms with van der Waals surface area (Å²) in [6.45, 7) is 0.359. The minimum Gasteiger partial charge on any atom is -0.496 e. The lowest BCUT2D eigenvalue weighted by Gasteiger charge is -2.29. The third-order valence-corrected chi connectivity index (χ3v) is 4.75. The molecule has 1 aliphatic heterocycles. The third-order valence-electron chi connectivity index (χ3n) is 4.13. The smallest absolute Gasteiger partial charge is 0.338 e. The van der Waals surface area contributed by atoms with Crippen LogP contribution in [0.15, 0.2) is 46.9 Å². The quantitative estimate of drug-likeness (QED) is 0.731. The summed E-state index contributed by atoms with van der Waals surface area (Å²) < 4.78 is 11.0. The summed E-state index contributed by atoms with van der Waals surface area (Å²) in [4.78, 5) is 26.3. The van der Waals surface area contributed by atoms with Gasteiger partial charge < -0.3 is 14.4 Å². The number of fused-ring (bicyclic) bond motifs is 1. The van der Waals surface area contributed by atoms with Gasteiger partial charge in [-0.2, -0.15) is 0 Å². The monoisotopic (exact) mass is 403 g/mol. The second-order valence-corrected chi connectivity index (χ2v) is 6.56. The Morgan fingerprint density at radius 1 is 1.20 bits per heavy atom. The van der Waals surface area contributed by atoms with E-state index in [1.165, 1.54) is 0 Å². The molecule has 0 unspecified atom stereocenters. The zero-order chi connectivity index (χ0) is 17.8. The molecule has 0 fully saturated rings. The molecule has 0 aromatic heterocycles. The van der Waals surface area contributed by atoms with Crippen molar-refractivity contribution in [3.8, 4) is 5.75 Å². The fraction of sp³-hybridized carbons (Fsp3) is 0.263. The molecule has 0 N–H and O–H groups in total. The van der Waals surface area contributed by atoms with Crippen molar-refractivity contribution >= 4 is 33.5 Å². The molecular weight excluding hydrogens is 386 g/mol. The largest absolute Gasteiger partial charge is 0.496 e. The highest BCUT2D eigenvalue weighted by Gasteiger charge is 2.23. The van der Waals surface area contributed by atoms with Crippen molar-refractivity contribution in [3.05, 3.63) is 58.1 Å². The average molecular weight is 404 g/mol. The van der Waals surface area contributed by atoms with E-state index in [0.29, 0.717) is 22.3 Å². The molecule has 130 valence electrons. The van der Waals surface area contributed by atoms with Crippen LogP contribution >= 0.6 is 15.9 Å². The molecule has 25 heavy (non-hydrogen) atoms. The maximum atomic E-state index is 12.5. The molecule has 0 aliphatic carbocycles. The fourth-order valence-electron chi connectivity index (χ4n) is 2.87. The van der Waals surface area contributed by atoms with Crippen LogP contribution in [0.25, 0.3) is 0 Å². The number of hydrogen-bond donors (Lipinski definition) is 0. The second kappa shape index (κ2) is 7.70. The molecule has 6 heteroatoms. The molecule has 2 aromatic carbocycles. The van der Waals surface area contributed by atoms with Crippen LogP contribution in [0, 0.1) is 0 Å². The summed E-state index contributed by atoms with van der Waals surface area (Å²) in [5, 5.41) is 0. The Labute approximate surface area is 154 Å². The van der Waals surface area contributed by atoms with Gasteiger partial charge in [-0.1, -0.05) is 18.2 Å². The number of esters is 1. The van der Waals surface area contributed by atoms with E-state index in [-0.39, 0.29) is 12.5 Å². The average Bonchev–Trinajstić information content (AvgIpc) is 2.65. The summed E-state index contributed by atoms with van der Waals surface area (Å²) in [5.41, 5.74) is 2.41. The number of rotatable bonds is 4. The zero-order valence-corrected chi connectivity index (χ0v) is 15.4. The number of hydrogen-bond acceptors (Lipinski definition) is 4. The van der Waals surface area contributed by atoms with Gasteiger partial charge in [0.05, 0.1) is 17.1 Å². The molecule has 0 spiro atoms. The van der Waals surface area contributed by atoms with Crippen LogP contribution in [0.2, 0.25) is 0 Å². The number of nitrogens with zero attached hydrogens (tertiary/aromatic N) is 1. The van der Waals surface area contributed by atoms with E-state index in [1.807, 2.05) is 24.3 Å². The Kier molecular flexibility index (Phi) is 5.38. The van der Waals surface area contributed by atoms with Crippen molar-refractivity contribution in [1.82, 2.24) is 0 Å². The first kappa shape index (κ1) is 17.5. The molecule has 1 amide bonds. The minimum absolute atomic E-state index is 0.215. The summed E-state index contributed by atoms with van der Waals surface area (Å²) >= 11 is 3.33. The highest BCUT2D eigenvalue weighted by Crippen LogP contribution is 2.27. The van der Waals surface area contributed by atoms with E-state index in [4.69, 9.17) is 9.47 Å². The first-order valence-electron chi connectivity index (χ1n) is 7.99. The van der Waals surface area contributed by atoms with Crippen LogP contribution in [0.3, 0.4) is 0 Å². The van der Waals surface area contributed by atoms with E-state index in [1.54, 1.807) is 30.2 Å². The SMILES string of the molecule is COc1ccc(C(=O)OCC(=O)N2CCCc3ccccc32)cc1Br. The number of ether oxygens (including phenoxy) is 2. The van der Waals surface area contributed by atoms with E-state index in [9.17, 15) is 9.59 Å². The van der Waals surface area contributed by atoms with Crippen LogP contribution < -0.4 is 9.64 Å². The molecule has 0 radical (unpaired) electrons. The Morgan fingerprint density at radius 3 is 2.76 bits per heavy atom. The topological polar surface area (TPSA) is 55.8 Å². The van der Waals surface area contributed by atoms with Gasteiger partial charge in [0.2, 0.25) is 0 Å². The van der Waals surface area contributed by atoms with E-state index < -0.39 is 5.97 Å². The van der Waals surface area contributed by atoms with Gasteiger partial charge in [-0.15, -0.1) is 0 Å². The number of para-hydroxylation sites is 1.